The highest BCUT2D eigenvalue weighted by atomic mass is 13.7. The predicted molar refractivity (Wildman–Crippen MR) is 33.8 cm³/mol. The standard InChI is InChI=1S/C7H9/c1-3-5-7-6-4-2/h3-7H,1-2H2/q+1/b7-5+. The highest BCUT2D eigenvalue weighted by Gasteiger charge is 1.68. The molecule has 0 rings (SSSR count). The van der Waals surface area contributed by atoms with Gasteiger partial charge in [0.25, 0.3) is 0 Å². The van der Waals surface area contributed by atoms with Crippen LogP contribution in [0.1, 0.15) is 0 Å². The van der Waals surface area contributed by atoms with Crippen molar-refractivity contribution >= 4 is 0 Å². The van der Waals surface area contributed by atoms with Gasteiger partial charge in [-0.05, 0) is 12.7 Å². The number of hydrogen-bond donors (Lipinski definition) is 0. The highest BCUT2D eigenvalue weighted by Crippen LogP contribution is 1.79. The first kappa shape index (κ1) is 6.09. The monoisotopic (exact) mass is 93.1 g/mol. The van der Waals surface area contributed by atoms with Crippen LogP contribution in [0.4, 0.5) is 0 Å². The number of hydrogen-bond acceptors (Lipinski definition) is 0. The lowest BCUT2D eigenvalue weighted by atomic mass is 10.4. The molecule has 7 heavy (non-hydrogen) atoms. The third kappa shape index (κ3) is 5.09. The molecule has 0 unspecified atom stereocenters. The Hall–Kier alpha value is -0.910. The first-order chi connectivity index (χ1) is 3.41. The molecule has 0 nitrogen and oxygen atoms in total. The van der Waals surface area contributed by atoms with Crippen LogP contribution in [0.3, 0.4) is 0 Å². The second kappa shape index (κ2) is 5.09. The smallest absolute Gasteiger partial charge is 0.0466 e. The minimum Gasteiger partial charge on any atom is -0.0858 e. The summed E-state index contributed by atoms with van der Waals surface area (Å²) in [5.74, 6) is 0. The molecule has 0 heterocycles. The first-order valence-electron chi connectivity index (χ1n) is 2.15. The fraction of sp³-hybridized carbons (Fsp3) is 0. The zero-order chi connectivity index (χ0) is 5.54. The molecule has 0 heteroatoms. The second-order valence-electron chi connectivity index (χ2n) is 1.05. The Balaban J connectivity index is 3.08. The maximum absolute atomic E-state index is 3.49. The largest absolute Gasteiger partial charge is 0.0858 e. The van der Waals surface area contributed by atoms with Gasteiger partial charge < -0.3 is 0 Å². The summed E-state index contributed by atoms with van der Waals surface area (Å²) in [6.45, 7) is 6.98. The maximum atomic E-state index is 3.49. The minimum atomic E-state index is 1.72. The van der Waals surface area contributed by atoms with Crippen molar-refractivity contribution in [2.24, 2.45) is 0 Å². The normalized spacial score (nSPS) is 8.57. The van der Waals surface area contributed by atoms with Crippen LogP contribution in [-0.2, 0) is 0 Å². The Morgan fingerprint density at radius 2 is 2.00 bits per heavy atom. The molecule has 0 amide bonds. The van der Waals surface area contributed by atoms with E-state index in [0.717, 1.165) is 0 Å². The lowest BCUT2D eigenvalue weighted by Gasteiger charge is -1.62. The Kier molecular flexibility index (Phi) is 4.43. The average Bonchev–Trinajstić information content (AvgIpc) is 1.69. The molecule has 0 bridgehead atoms. The predicted octanol–water partition coefficient (Wildman–Crippen LogP) is 2.12. The molecule has 0 aromatic carbocycles. The van der Waals surface area contributed by atoms with Crippen LogP contribution < -0.4 is 0 Å². The van der Waals surface area contributed by atoms with Gasteiger partial charge in [-0.25, -0.2) is 0 Å². The van der Waals surface area contributed by atoms with Crippen molar-refractivity contribution in [2.45, 2.75) is 0 Å². The Labute approximate surface area is 44.9 Å². The van der Waals surface area contributed by atoms with Gasteiger partial charge in [0.05, 0.1) is 0 Å². The molecular weight excluding hydrogens is 84.1 g/mol. The zero-order valence-electron chi connectivity index (χ0n) is 4.30. The van der Waals surface area contributed by atoms with E-state index in [4.69, 9.17) is 0 Å². The summed E-state index contributed by atoms with van der Waals surface area (Å²) in [6.07, 6.45) is 9.02. The average molecular weight is 93.1 g/mol. The summed E-state index contributed by atoms with van der Waals surface area (Å²) in [6, 6.07) is 0. The molecule has 0 saturated carbocycles. The molecule has 0 N–H and O–H groups in total. The van der Waals surface area contributed by atoms with Crippen LogP contribution in [-0.4, -0.2) is 0 Å². The van der Waals surface area contributed by atoms with E-state index in [1.807, 2.05) is 18.6 Å². The first-order valence-corrected chi connectivity index (χ1v) is 2.15. The Morgan fingerprint density at radius 1 is 1.29 bits per heavy atom. The topological polar surface area (TPSA) is 0 Å². The summed E-state index contributed by atoms with van der Waals surface area (Å²) in [7, 11) is 0. The summed E-state index contributed by atoms with van der Waals surface area (Å²) >= 11 is 0. The van der Waals surface area contributed by atoms with Crippen molar-refractivity contribution in [1.82, 2.24) is 0 Å². The minimum absolute atomic E-state index is 1.72. The van der Waals surface area contributed by atoms with E-state index in [9.17, 15) is 0 Å². The van der Waals surface area contributed by atoms with E-state index in [-0.39, 0.29) is 0 Å². The Bertz CT molecular complexity index is 78.0. The second-order valence-corrected chi connectivity index (χ2v) is 1.05. The quantitative estimate of drug-likeness (QED) is 0.370. The fourth-order valence-corrected chi connectivity index (χ4v) is 0.221. The van der Waals surface area contributed by atoms with Gasteiger partial charge >= 0.3 is 0 Å². The molecule has 0 aromatic heterocycles. The lowest BCUT2D eigenvalue weighted by molar-refractivity contribution is 1.77. The highest BCUT2D eigenvalue weighted by molar-refractivity contribution is 5.10. The van der Waals surface area contributed by atoms with Crippen LogP contribution in [0.15, 0.2) is 37.5 Å². The molecule has 0 aromatic rings. The van der Waals surface area contributed by atoms with Gasteiger partial charge in [0.1, 0.15) is 0 Å². The molecule has 0 aliphatic rings. The van der Waals surface area contributed by atoms with Crippen molar-refractivity contribution < 1.29 is 0 Å². The van der Waals surface area contributed by atoms with E-state index in [0.29, 0.717) is 0 Å². The van der Waals surface area contributed by atoms with Crippen LogP contribution in [0.25, 0.3) is 0 Å². The summed E-state index contributed by atoms with van der Waals surface area (Å²) in [4.78, 5) is 0. The van der Waals surface area contributed by atoms with Crippen molar-refractivity contribution in [2.75, 3.05) is 0 Å². The third-order valence-corrected chi connectivity index (χ3v) is 0.494. The van der Waals surface area contributed by atoms with Gasteiger partial charge in [0.15, 0.2) is 0 Å². The van der Waals surface area contributed by atoms with E-state index < -0.39 is 0 Å². The molecule has 0 aliphatic carbocycles. The molecule has 0 atom stereocenters. The van der Waals surface area contributed by atoms with E-state index in [1.54, 1.807) is 12.2 Å². The van der Waals surface area contributed by atoms with Gasteiger partial charge in [-0.1, -0.05) is 6.58 Å². The van der Waals surface area contributed by atoms with E-state index in [2.05, 4.69) is 13.2 Å². The van der Waals surface area contributed by atoms with E-state index >= 15 is 0 Å². The third-order valence-electron chi connectivity index (χ3n) is 0.494. The van der Waals surface area contributed by atoms with Crippen LogP contribution in [0.5, 0.6) is 0 Å². The molecule has 0 radical (unpaired) electrons. The van der Waals surface area contributed by atoms with Gasteiger partial charge in [0.2, 0.25) is 0 Å². The summed E-state index contributed by atoms with van der Waals surface area (Å²) in [5, 5.41) is 0. The van der Waals surface area contributed by atoms with Gasteiger partial charge in [0, 0.05) is 24.6 Å². The van der Waals surface area contributed by atoms with Crippen molar-refractivity contribution in [3.05, 3.63) is 43.9 Å². The molecule has 36 valence electrons. The zero-order valence-corrected chi connectivity index (χ0v) is 4.30. The Morgan fingerprint density at radius 3 is 2.43 bits per heavy atom. The summed E-state index contributed by atoms with van der Waals surface area (Å²) < 4.78 is 0. The van der Waals surface area contributed by atoms with Gasteiger partial charge in [-0.15, -0.1) is 0 Å². The molecule has 0 fully saturated rings. The van der Waals surface area contributed by atoms with Gasteiger partial charge in [-0.3, -0.25) is 0 Å². The van der Waals surface area contributed by atoms with Crippen molar-refractivity contribution in [3.63, 3.8) is 0 Å². The molecule has 0 saturated heterocycles. The SMILES string of the molecule is C=C/C=C/[CH+]C=C. The van der Waals surface area contributed by atoms with Crippen LogP contribution in [0, 0.1) is 6.42 Å². The van der Waals surface area contributed by atoms with Gasteiger partial charge in [-0.2, -0.15) is 0 Å². The van der Waals surface area contributed by atoms with Crippen LogP contribution >= 0.6 is 0 Å². The fourth-order valence-electron chi connectivity index (χ4n) is 0.221. The summed E-state index contributed by atoms with van der Waals surface area (Å²) in [5.41, 5.74) is 0. The van der Waals surface area contributed by atoms with E-state index in [1.165, 1.54) is 0 Å². The molecule has 0 spiro atoms. The van der Waals surface area contributed by atoms with Crippen LogP contribution in [0.2, 0.25) is 0 Å². The van der Waals surface area contributed by atoms with Crippen molar-refractivity contribution in [3.8, 4) is 0 Å². The number of rotatable bonds is 3. The lowest BCUT2D eigenvalue weighted by Crippen LogP contribution is -1.52. The molecular formula is C7H9+. The van der Waals surface area contributed by atoms with Crippen molar-refractivity contribution in [1.29, 1.82) is 0 Å². The maximum Gasteiger partial charge on any atom is 0.0466 e. The number of allylic oxidation sites excluding steroid dienone is 4. The molecule has 0 aliphatic heterocycles.